The molecule has 1 aliphatic carbocycles. The Labute approximate surface area is 215 Å². The molecule has 0 radical (unpaired) electrons. The second-order valence-corrected chi connectivity index (χ2v) is 16.2. The Hall–Kier alpha value is -3.81. The van der Waals surface area contributed by atoms with E-state index in [0.717, 1.165) is 18.9 Å². The van der Waals surface area contributed by atoms with Crippen molar-refractivity contribution in [3.05, 3.63) is 66.0 Å². The molecule has 0 aliphatic heterocycles. The molecule has 37 heavy (non-hydrogen) atoms. The third-order valence-corrected chi connectivity index (χ3v) is 8.02. The van der Waals surface area contributed by atoms with Gasteiger partial charge in [-0.3, -0.25) is 9.20 Å². The molecule has 0 saturated heterocycles. The fourth-order valence-electron chi connectivity index (χ4n) is 4.09. The molecule has 1 fully saturated rings. The molecule has 8 nitrogen and oxygen atoms in total. The van der Waals surface area contributed by atoms with Crippen molar-refractivity contribution >= 4 is 19.6 Å². The van der Waals surface area contributed by atoms with E-state index in [9.17, 15) is 14.4 Å². The van der Waals surface area contributed by atoms with E-state index in [2.05, 4.69) is 36.0 Å². The number of carbonyl (C=O) groups is 1. The summed E-state index contributed by atoms with van der Waals surface area (Å²) in [7, 11) is -1.29. The molecule has 1 aliphatic rings. The molecule has 1 N–H and O–H groups in total. The van der Waals surface area contributed by atoms with E-state index in [-0.39, 0.29) is 24.5 Å². The van der Waals surface area contributed by atoms with Gasteiger partial charge in [0.1, 0.15) is 41.3 Å². The summed E-state index contributed by atoms with van der Waals surface area (Å²) in [5.41, 5.74) is 3.86. The normalized spacial score (nSPS) is 13.6. The number of benzene rings is 1. The van der Waals surface area contributed by atoms with Gasteiger partial charge in [0.15, 0.2) is 0 Å². The van der Waals surface area contributed by atoms with Gasteiger partial charge in [0.2, 0.25) is 0 Å². The highest BCUT2D eigenvalue weighted by molar-refractivity contribution is 6.76. The molecule has 1 amide bonds. The Bertz CT molecular complexity index is 1490. The monoisotopic (exact) mass is 516 g/mol. The molecule has 4 aromatic rings. The first-order valence-corrected chi connectivity index (χ1v) is 16.1. The molecule has 0 unspecified atom stereocenters. The highest BCUT2D eigenvalue weighted by atomic mass is 28.3. The summed E-state index contributed by atoms with van der Waals surface area (Å²) in [4.78, 5) is 17.9. The molecule has 190 valence electrons. The van der Waals surface area contributed by atoms with Crippen LogP contribution in [0.5, 0.6) is 0 Å². The van der Waals surface area contributed by atoms with Gasteiger partial charge in [-0.05, 0) is 55.3 Å². The van der Waals surface area contributed by atoms with Crippen LogP contribution < -0.4 is 5.32 Å². The van der Waals surface area contributed by atoms with E-state index in [1.165, 1.54) is 18.3 Å². The molecule has 0 spiro atoms. The number of nitriles is 1. The predicted molar refractivity (Wildman–Crippen MR) is 141 cm³/mol. The quantitative estimate of drug-likeness (QED) is 0.247. The third kappa shape index (κ3) is 5.48. The van der Waals surface area contributed by atoms with Crippen molar-refractivity contribution in [3.8, 4) is 28.5 Å². The molecule has 5 rings (SSSR count). The summed E-state index contributed by atoms with van der Waals surface area (Å²) in [5.74, 6) is -0.594. The number of fused-ring (bicyclic) bond motifs is 1. The van der Waals surface area contributed by atoms with E-state index < -0.39 is 8.07 Å². The first kappa shape index (κ1) is 24.9. The lowest BCUT2D eigenvalue weighted by atomic mass is 9.99. The lowest BCUT2D eigenvalue weighted by Crippen LogP contribution is -2.29. The van der Waals surface area contributed by atoms with Crippen molar-refractivity contribution in [2.24, 2.45) is 0 Å². The van der Waals surface area contributed by atoms with Crippen molar-refractivity contribution in [2.75, 3.05) is 6.61 Å². The number of halogens is 1. The molecule has 10 heteroatoms. The zero-order valence-electron chi connectivity index (χ0n) is 21.2. The second kappa shape index (κ2) is 9.92. The minimum Gasteiger partial charge on any atom is -0.360 e. The van der Waals surface area contributed by atoms with Crippen LogP contribution in [0, 0.1) is 17.1 Å². The maximum atomic E-state index is 13.8. The fourth-order valence-corrected chi connectivity index (χ4v) is 4.85. The Morgan fingerprint density at radius 2 is 1.92 bits per heavy atom. The van der Waals surface area contributed by atoms with Crippen molar-refractivity contribution in [1.82, 2.24) is 24.5 Å². The Balaban J connectivity index is 1.65. The standard InChI is InChI=1S/C27H29FN6O2Si/c1-37(2,3)13-12-36-17-34-26(27(35)31-21-9-10-21)24(25(32-34)18-4-7-20(28)8-5-18)19-6-11-23-30-15-22(14-29)33(23)16-19/h4-8,11,15-16,21H,9-10,12-13,17H2,1-3H3,(H,31,35). The van der Waals surface area contributed by atoms with Crippen LogP contribution in [0.1, 0.15) is 29.0 Å². The summed E-state index contributed by atoms with van der Waals surface area (Å²) in [5, 5.41) is 17.4. The molecule has 0 atom stereocenters. The van der Waals surface area contributed by atoms with E-state index in [1.807, 2.05) is 6.07 Å². The van der Waals surface area contributed by atoms with Crippen LogP contribution in [-0.2, 0) is 11.5 Å². The molecular formula is C27H29FN6O2Si. The minimum atomic E-state index is -1.29. The number of hydrogen-bond acceptors (Lipinski definition) is 5. The number of hydrogen-bond donors (Lipinski definition) is 1. The summed E-state index contributed by atoms with van der Waals surface area (Å²) in [6.45, 7) is 7.54. The van der Waals surface area contributed by atoms with Crippen LogP contribution in [0.2, 0.25) is 25.7 Å². The van der Waals surface area contributed by atoms with Gasteiger partial charge in [0, 0.05) is 43.6 Å². The largest absolute Gasteiger partial charge is 0.360 e. The van der Waals surface area contributed by atoms with Crippen molar-refractivity contribution in [3.63, 3.8) is 0 Å². The van der Waals surface area contributed by atoms with Crippen LogP contribution in [0.3, 0.4) is 0 Å². The van der Waals surface area contributed by atoms with Crippen molar-refractivity contribution in [2.45, 2.75) is 51.3 Å². The maximum absolute atomic E-state index is 13.8. The van der Waals surface area contributed by atoms with Crippen molar-refractivity contribution in [1.29, 1.82) is 5.26 Å². The number of carbonyl (C=O) groups excluding carboxylic acids is 1. The number of amides is 1. The number of pyridine rings is 1. The molecule has 1 saturated carbocycles. The molecular weight excluding hydrogens is 487 g/mol. The molecule has 1 aromatic carbocycles. The van der Waals surface area contributed by atoms with Gasteiger partial charge in [-0.1, -0.05) is 19.6 Å². The average Bonchev–Trinajstić information content (AvgIpc) is 3.45. The highest BCUT2D eigenvalue weighted by Gasteiger charge is 2.30. The van der Waals surface area contributed by atoms with Crippen molar-refractivity contribution < 1.29 is 13.9 Å². The first-order valence-electron chi connectivity index (χ1n) is 12.4. The molecule has 3 aromatic heterocycles. The Morgan fingerprint density at radius 1 is 1.19 bits per heavy atom. The summed E-state index contributed by atoms with van der Waals surface area (Å²) in [6.07, 6.45) is 5.18. The highest BCUT2D eigenvalue weighted by Crippen LogP contribution is 2.36. The van der Waals surface area contributed by atoms with Crippen LogP contribution in [-0.4, -0.2) is 45.8 Å². The van der Waals surface area contributed by atoms with E-state index in [1.54, 1.807) is 33.5 Å². The Morgan fingerprint density at radius 3 is 2.59 bits per heavy atom. The number of aromatic nitrogens is 4. The van der Waals surface area contributed by atoms with Crippen LogP contribution in [0.15, 0.2) is 48.8 Å². The van der Waals surface area contributed by atoms with E-state index in [4.69, 9.17) is 9.84 Å². The topological polar surface area (TPSA) is 97.2 Å². The number of nitrogens with zero attached hydrogens (tertiary/aromatic N) is 5. The van der Waals surface area contributed by atoms with Crippen LogP contribution in [0.25, 0.3) is 28.0 Å². The molecule has 3 heterocycles. The average molecular weight is 517 g/mol. The predicted octanol–water partition coefficient (Wildman–Crippen LogP) is 5.08. The van der Waals surface area contributed by atoms with Gasteiger partial charge < -0.3 is 10.1 Å². The number of ether oxygens (including phenoxy) is 1. The summed E-state index contributed by atoms with van der Waals surface area (Å²) < 4.78 is 23.0. The zero-order chi connectivity index (χ0) is 26.2. The van der Waals surface area contributed by atoms with Gasteiger partial charge in [0.05, 0.1) is 6.20 Å². The van der Waals surface area contributed by atoms with Crippen LogP contribution in [0.4, 0.5) is 4.39 Å². The SMILES string of the molecule is C[Si](C)(C)CCOCn1nc(-c2ccc(F)cc2)c(-c2ccc3ncc(C#N)n3c2)c1C(=O)NC1CC1. The maximum Gasteiger partial charge on any atom is 0.270 e. The van der Waals surface area contributed by atoms with Gasteiger partial charge in [-0.25, -0.2) is 14.1 Å². The smallest absolute Gasteiger partial charge is 0.270 e. The lowest BCUT2D eigenvalue weighted by molar-refractivity contribution is 0.0721. The Kier molecular flexibility index (Phi) is 6.66. The van der Waals surface area contributed by atoms with Crippen LogP contribution >= 0.6 is 0 Å². The van der Waals surface area contributed by atoms with Gasteiger partial charge >= 0.3 is 0 Å². The number of nitrogens with one attached hydrogen (secondary N) is 1. The number of rotatable bonds is 9. The summed E-state index contributed by atoms with van der Waals surface area (Å²) in [6, 6.07) is 13.0. The molecule has 0 bridgehead atoms. The summed E-state index contributed by atoms with van der Waals surface area (Å²) >= 11 is 0. The lowest BCUT2D eigenvalue weighted by Gasteiger charge is -2.16. The van der Waals surface area contributed by atoms with Gasteiger partial charge in [-0.15, -0.1) is 0 Å². The third-order valence-electron chi connectivity index (χ3n) is 6.32. The van der Waals surface area contributed by atoms with Gasteiger partial charge in [-0.2, -0.15) is 10.4 Å². The van der Waals surface area contributed by atoms with E-state index >= 15 is 0 Å². The first-order chi connectivity index (χ1) is 17.7. The second-order valence-electron chi connectivity index (χ2n) is 10.6. The fraction of sp³-hybridized carbons (Fsp3) is 0.333. The van der Waals surface area contributed by atoms with Gasteiger partial charge in [0.25, 0.3) is 5.91 Å². The number of imidazole rings is 1. The minimum absolute atomic E-state index is 0.114. The van der Waals surface area contributed by atoms with E-state index in [0.29, 0.717) is 46.0 Å². The zero-order valence-corrected chi connectivity index (χ0v) is 22.2.